The van der Waals surface area contributed by atoms with Crippen LogP contribution < -0.4 is 0 Å². The molecule has 108 valence electrons. The van der Waals surface area contributed by atoms with Crippen molar-refractivity contribution in [3.05, 3.63) is 0 Å². The van der Waals surface area contributed by atoms with Gasteiger partial charge >= 0.3 is 6.09 Å². The molecule has 1 fully saturated rings. The molecule has 4 nitrogen and oxygen atoms in total. The van der Waals surface area contributed by atoms with E-state index < -0.39 is 5.60 Å². The van der Waals surface area contributed by atoms with Crippen LogP contribution in [-0.2, 0) is 4.74 Å². The average Bonchev–Trinajstić information content (AvgIpc) is 2.34. The molecule has 0 aliphatic carbocycles. The van der Waals surface area contributed by atoms with Gasteiger partial charge in [-0.05, 0) is 59.3 Å². The molecule has 1 aliphatic heterocycles. The van der Waals surface area contributed by atoms with E-state index in [0.29, 0.717) is 5.92 Å². The second-order valence-electron chi connectivity index (χ2n) is 6.54. The molecule has 2 unspecified atom stereocenters. The van der Waals surface area contributed by atoms with E-state index in [2.05, 4.69) is 6.07 Å². The molecule has 0 saturated carbocycles. The predicted octanol–water partition coefficient (Wildman–Crippen LogP) is 3.57. The number of nitriles is 1. The fourth-order valence-corrected chi connectivity index (χ4v) is 2.34. The second kappa shape index (κ2) is 6.79. The van der Waals surface area contributed by atoms with E-state index >= 15 is 0 Å². The summed E-state index contributed by atoms with van der Waals surface area (Å²) in [7, 11) is 0. The number of carbonyl (C=O) groups excluding carboxylic acids is 1. The van der Waals surface area contributed by atoms with Crippen molar-refractivity contribution in [3.63, 3.8) is 0 Å². The Morgan fingerprint density at radius 2 is 2.21 bits per heavy atom. The summed E-state index contributed by atoms with van der Waals surface area (Å²) >= 11 is 0. The number of carbonyl (C=O) groups is 1. The third kappa shape index (κ3) is 5.96. The highest BCUT2D eigenvalue weighted by Crippen LogP contribution is 2.24. The smallest absolute Gasteiger partial charge is 0.410 e. The highest BCUT2D eigenvalue weighted by Gasteiger charge is 2.27. The van der Waals surface area contributed by atoms with Crippen LogP contribution in [-0.4, -0.2) is 29.7 Å². The lowest BCUT2D eigenvalue weighted by atomic mass is 9.91. The number of amides is 1. The van der Waals surface area contributed by atoms with Gasteiger partial charge in [0, 0.05) is 19.0 Å². The second-order valence-corrected chi connectivity index (χ2v) is 6.54. The molecule has 0 N–H and O–H groups in total. The number of hydrogen-bond acceptors (Lipinski definition) is 3. The first-order valence-corrected chi connectivity index (χ1v) is 7.19. The maximum Gasteiger partial charge on any atom is 0.410 e. The zero-order chi connectivity index (χ0) is 14.5. The molecule has 1 aliphatic rings. The summed E-state index contributed by atoms with van der Waals surface area (Å²) < 4.78 is 5.41. The van der Waals surface area contributed by atoms with Crippen molar-refractivity contribution >= 4 is 6.09 Å². The minimum atomic E-state index is -0.431. The molecule has 4 heteroatoms. The van der Waals surface area contributed by atoms with Crippen molar-refractivity contribution in [2.75, 3.05) is 13.1 Å². The van der Waals surface area contributed by atoms with E-state index in [1.54, 1.807) is 0 Å². The van der Waals surface area contributed by atoms with Gasteiger partial charge in [-0.25, -0.2) is 4.79 Å². The summed E-state index contributed by atoms with van der Waals surface area (Å²) in [5.74, 6) is 0.619. The van der Waals surface area contributed by atoms with Crippen LogP contribution >= 0.6 is 0 Å². The van der Waals surface area contributed by atoms with Gasteiger partial charge in [0.05, 0.1) is 6.07 Å². The van der Waals surface area contributed by atoms with E-state index in [1.165, 1.54) is 0 Å². The Morgan fingerprint density at radius 3 is 2.79 bits per heavy atom. The summed E-state index contributed by atoms with van der Waals surface area (Å²) in [6, 6.07) is 2.26. The van der Waals surface area contributed by atoms with Gasteiger partial charge < -0.3 is 9.64 Å². The first kappa shape index (κ1) is 15.8. The lowest BCUT2D eigenvalue weighted by Crippen LogP contribution is -2.42. The van der Waals surface area contributed by atoms with Crippen molar-refractivity contribution in [1.29, 1.82) is 5.26 Å². The molecule has 1 rings (SSSR count). The van der Waals surface area contributed by atoms with Crippen LogP contribution in [0, 0.1) is 23.2 Å². The van der Waals surface area contributed by atoms with Gasteiger partial charge in [0.2, 0.25) is 0 Å². The van der Waals surface area contributed by atoms with Crippen LogP contribution in [0.4, 0.5) is 4.79 Å². The summed E-state index contributed by atoms with van der Waals surface area (Å²) in [6.45, 7) is 9.18. The topological polar surface area (TPSA) is 53.3 Å². The van der Waals surface area contributed by atoms with Gasteiger partial charge in [-0.15, -0.1) is 0 Å². The van der Waals surface area contributed by atoms with Crippen molar-refractivity contribution in [3.8, 4) is 6.07 Å². The maximum absolute atomic E-state index is 12.0. The van der Waals surface area contributed by atoms with Crippen molar-refractivity contribution in [2.24, 2.45) is 11.8 Å². The Bertz CT molecular complexity index is 341. The molecule has 0 spiro atoms. The number of rotatable bonds is 3. The molecule has 1 saturated heterocycles. The summed E-state index contributed by atoms with van der Waals surface area (Å²) in [5.41, 5.74) is -0.431. The van der Waals surface area contributed by atoms with Gasteiger partial charge in [-0.3, -0.25) is 0 Å². The Morgan fingerprint density at radius 1 is 1.53 bits per heavy atom. The molecule has 19 heavy (non-hydrogen) atoms. The van der Waals surface area contributed by atoms with E-state index in [-0.39, 0.29) is 12.0 Å². The van der Waals surface area contributed by atoms with Crippen molar-refractivity contribution in [1.82, 2.24) is 4.90 Å². The first-order chi connectivity index (χ1) is 8.81. The average molecular weight is 266 g/mol. The van der Waals surface area contributed by atoms with Gasteiger partial charge in [-0.1, -0.05) is 0 Å². The molecule has 1 heterocycles. The van der Waals surface area contributed by atoms with E-state index in [9.17, 15) is 4.79 Å². The molecule has 1 amide bonds. The third-order valence-electron chi connectivity index (χ3n) is 3.40. The number of hydrogen-bond donors (Lipinski definition) is 0. The minimum Gasteiger partial charge on any atom is -0.444 e. The highest BCUT2D eigenvalue weighted by molar-refractivity contribution is 5.68. The van der Waals surface area contributed by atoms with E-state index in [0.717, 1.165) is 38.8 Å². The SMILES string of the molecule is CC(C#N)CCC1CCCN(C(=O)OC(C)(C)C)C1. The monoisotopic (exact) mass is 266 g/mol. The van der Waals surface area contributed by atoms with Crippen molar-refractivity contribution < 1.29 is 9.53 Å². The number of likely N-dealkylation sites (tertiary alicyclic amines) is 1. The molecular formula is C15H26N2O2. The maximum atomic E-state index is 12.0. The largest absolute Gasteiger partial charge is 0.444 e. The fourth-order valence-electron chi connectivity index (χ4n) is 2.34. The number of nitrogens with zero attached hydrogens (tertiary/aromatic N) is 2. The summed E-state index contributed by atoms with van der Waals surface area (Å²) in [6.07, 6.45) is 3.92. The summed E-state index contributed by atoms with van der Waals surface area (Å²) in [5, 5.41) is 8.80. The molecule has 2 atom stereocenters. The number of ether oxygens (including phenoxy) is 1. The lowest BCUT2D eigenvalue weighted by Gasteiger charge is -2.34. The molecule has 0 radical (unpaired) electrons. The molecular weight excluding hydrogens is 240 g/mol. The Kier molecular flexibility index (Phi) is 5.65. The zero-order valence-electron chi connectivity index (χ0n) is 12.6. The van der Waals surface area contributed by atoms with Gasteiger partial charge in [-0.2, -0.15) is 5.26 Å². The minimum absolute atomic E-state index is 0.108. The van der Waals surface area contributed by atoms with E-state index in [4.69, 9.17) is 10.00 Å². The first-order valence-electron chi connectivity index (χ1n) is 7.19. The summed E-state index contributed by atoms with van der Waals surface area (Å²) in [4.78, 5) is 13.8. The Balaban J connectivity index is 2.42. The fraction of sp³-hybridized carbons (Fsp3) is 0.867. The van der Waals surface area contributed by atoms with Gasteiger partial charge in [0.15, 0.2) is 0 Å². The highest BCUT2D eigenvalue weighted by atomic mass is 16.6. The van der Waals surface area contributed by atoms with Crippen LogP contribution in [0.3, 0.4) is 0 Å². The zero-order valence-corrected chi connectivity index (χ0v) is 12.6. The van der Waals surface area contributed by atoms with Gasteiger partial charge in [0.25, 0.3) is 0 Å². The van der Waals surface area contributed by atoms with Crippen LogP contribution in [0.5, 0.6) is 0 Å². The Labute approximate surface area is 116 Å². The predicted molar refractivity (Wildman–Crippen MR) is 74.5 cm³/mol. The van der Waals surface area contributed by atoms with E-state index in [1.807, 2.05) is 32.6 Å². The standard InChI is InChI=1S/C15H26N2O2/c1-12(10-16)7-8-13-6-5-9-17(11-13)14(18)19-15(2,3)4/h12-13H,5-9,11H2,1-4H3. The number of piperidine rings is 1. The third-order valence-corrected chi connectivity index (χ3v) is 3.40. The van der Waals surface area contributed by atoms with Crippen LogP contribution in [0.1, 0.15) is 53.4 Å². The van der Waals surface area contributed by atoms with Crippen LogP contribution in [0.2, 0.25) is 0 Å². The van der Waals surface area contributed by atoms with Crippen LogP contribution in [0.15, 0.2) is 0 Å². The van der Waals surface area contributed by atoms with Crippen molar-refractivity contribution in [2.45, 2.75) is 59.0 Å². The molecule has 0 bridgehead atoms. The lowest BCUT2D eigenvalue weighted by molar-refractivity contribution is 0.0160. The quantitative estimate of drug-likeness (QED) is 0.784. The molecule has 0 aromatic rings. The normalized spacial score (nSPS) is 21.6. The van der Waals surface area contributed by atoms with Crippen LogP contribution in [0.25, 0.3) is 0 Å². The van der Waals surface area contributed by atoms with Gasteiger partial charge in [0.1, 0.15) is 5.60 Å². The Hall–Kier alpha value is -1.24. The molecule has 0 aromatic carbocycles. The molecule has 0 aromatic heterocycles.